The van der Waals surface area contributed by atoms with Crippen LogP contribution in [0, 0.1) is 6.92 Å². The smallest absolute Gasteiger partial charge is 0.266 e. The van der Waals surface area contributed by atoms with E-state index in [2.05, 4.69) is 10.3 Å². The zero-order valence-corrected chi connectivity index (χ0v) is 17.1. The number of rotatable bonds is 4. The first-order valence-electron chi connectivity index (χ1n) is 10.3. The Morgan fingerprint density at radius 2 is 1.82 bits per heavy atom. The predicted molar refractivity (Wildman–Crippen MR) is 111 cm³/mol. The Morgan fingerprint density at radius 3 is 2.57 bits per heavy atom. The number of carbonyl (C=O) groups excluding carboxylic acids is 2. The maximum absolute atomic E-state index is 13.2. The zero-order valence-electron chi connectivity index (χ0n) is 16.3. The molecule has 2 aromatic rings. The summed E-state index contributed by atoms with van der Waals surface area (Å²) in [6.45, 7) is 2.52. The first-order valence-corrected chi connectivity index (χ1v) is 11.1. The highest BCUT2D eigenvalue weighted by atomic mass is 32.1. The molecule has 2 heterocycles. The molecule has 0 bridgehead atoms. The van der Waals surface area contributed by atoms with Gasteiger partial charge in [0.25, 0.3) is 5.91 Å². The minimum atomic E-state index is -0.351. The second-order valence-corrected chi connectivity index (χ2v) is 8.80. The molecule has 1 saturated carbocycles. The number of hydrogen-bond acceptors (Lipinski definition) is 4. The van der Waals surface area contributed by atoms with Crippen LogP contribution < -0.4 is 5.32 Å². The molecule has 1 aliphatic heterocycles. The van der Waals surface area contributed by atoms with Crippen LogP contribution >= 0.6 is 11.3 Å². The van der Waals surface area contributed by atoms with Gasteiger partial charge in [0.05, 0.1) is 5.69 Å². The number of nitrogens with zero attached hydrogens (tertiary/aromatic N) is 2. The standard InChI is InChI=1S/C22H27N3O2S/c1-15-19(28-21(23-15)16-9-4-2-5-10-16)22(27)25-14-8-13-18(25)20(26)24-17-11-6-3-7-12-17/h2,4-5,9-10,17-18H,3,6-8,11-14H2,1H3,(H,24,26)/t18-/m1/s1. The van der Waals surface area contributed by atoms with Gasteiger partial charge in [-0.3, -0.25) is 9.59 Å². The van der Waals surface area contributed by atoms with E-state index in [9.17, 15) is 9.59 Å². The highest BCUT2D eigenvalue weighted by molar-refractivity contribution is 7.17. The number of nitrogens with one attached hydrogen (secondary N) is 1. The maximum atomic E-state index is 13.2. The average molecular weight is 398 g/mol. The van der Waals surface area contributed by atoms with Gasteiger partial charge >= 0.3 is 0 Å². The van der Waals surface area contributed by atoms with E-state index in [1.54, 1.807) is 4.90 Å². The molecule has 28 heavy (non-hydrogen) atoms. The molecule has 1 aromatic heterocycles. The highest BCUT2D eigenvalue weighted by Crippen LogP contribution is 2.31. The minimum absolute atomic E-state index is 0.0169. The number of hydrogen-bond donors (Lipinski definition) is 1. The van der Waals surface area contributed by atoms with Gasteiger partial charge in [-0.15, -0.1) is 11.3 Å². The van der Waals surface area contributed by atoms with Crippen LogP contribution in [0.2, 0.25) is 0 Å². The molecule has 2 amide bonds. The predicted octanol–water partition coefficient (Wildman–Crippen LogP) is 4.17. The van der Waals surface area contributed by atoms with E-state index in [1.807, 2.05) is 37.3 Å². The van der Waals surface area contributed by atoms with Gasteiger partial charge in [-0.1, -0.05) is 49.6 Å². The van der Waals surface area contributed by atoms with Gasteiger partial charge in [-0.2, -0.15) is 0 Å². The van der Waals surface area contributed by atoms with E-state index in [-0.39, 0.29) is 23.9 Å². The van der Waals surface area contributed by atoms with Gasteiger partial charge in [-0.05, 0) is 32.6 Å². The summed E-state index contributed by atoms with van der Waals surface area (Å²) in [5, 5.41) is 4.05. The van der Waals surface area contributed by atoms with Crippen molar-refractivity contribution >= 4 is 23.2 Å². The first-order chi connectivity index (χ1) is 13.6. The quantitative estimate of drug-likeness (QED) is 0.842. The molecule has 1 saturated heterocycles. The van der Waals surface area contributed by atoms with Crippen LogP contribution in [0.5, 0.6) is 0 Å². The van der Waals surface area contributed by atoms with Gasteiger partial charge in [-0.25, -0.2) is 4.98 Å². The van der Waals surface area contributed by atoms with Crippen LogP contribution in [0.3, 0.4) is 0 Å². The molecule has 4 rings (SSSR count). The molecule has 5 nitrogen and oxygen atoms in total. The summed E-state index contributed by atoms with van der Waals surface area (Å²) in [5.74, 6) is -0.0401. The van der Waals surface area contributed by atoms with Crippen LogP contribution in [0.4, 0.5) is 0 Å². The summed E-state index contributed by atoms with van der Waals surface area (Å²) in [6.07, 6.45) is 7.35. The Balaban J connectivity index is 1.49. The molecule has 0 radical (unpaired) electrons. The first kappa shape index (κ1) is 19.1. The summed E-state index contributed by atoms with van der Waals surface area (Å²) in [5.41, 5.74) is 1.76. The Bertz CT molecular complexity index is 843. The van der Waals surface area contributed by atoms with Crippen LogP contribution in [-0.2, 0) is 4.79 Å². The molecule has 148 valence electrons. The number of aryl methyl sites for hydroxylation is 1. The minimum Gasteiger partial charge on any atom is -0.352 e. The molecule has 2 fully saturated rings. The third kappa shape index (κ3) is 3.97. The average Bonchev–Trinajstić information content (AvgIpc) is 3.36. The highest BCUT2D eigenvalue weighted by Gasteiger charge is 2.36. The fourth-order valence-electron chi connectivity index (χ4n) is 4.26. The Labute approximate surface area is 170 Å². The zero-order chi connectivity index (χ0) is 19.5. The van der Waals surface area contributed by atoms with Crippen molar-refractivity contribution in [3.63, 3.8) is 0 Å². The Kier molecular flexibility index (Phi) is 5.76. The van der Waals surface area contributed by atoms with E-state index in [0.29, 0.717) is 11.4 Å². The number of benzene rings is 1. The lowest BCUT2D eigenvalue weighted by Crippen LogP contribution is -2.49. The van der Waals surface area contributed by atoms with Crippen LogP contribution in [0.15, 0.2) is 30.3 Å². The molecule has 0 spiro atoms. The summed E-state index contributed by atoms with van der Waals surface area (Å²) < 4.78 is 0. The molecule has 1 atom stereocenters. The second kappa shape index (κ2) is 8.43. The van der Waals surface area contributed by atoms with Crippen LogP contribution in [-0.4, -0.2) is 40.3 Å². The van der Waals surface area contributed by atoms with Crippen molar-refractivity contribution in [3.05, 3.63) is 40.9 Å². The van der Waals surface area contributed by atoms with Gasteiger partial charge in [0.1, 0.15) is 15.9 Å². The molecular formula is C22H27N3O2S. The Hall–Kier alpha value is -2.21. The summed E-state index contributed by atoms with van der Waals surface area (Å²) in [6, 6.07) is 9.84. The molecule has 6 heteroatoms. The molecule has 1 N–H and O–H groups in total. The van der Waals surface area contributed by atoms with Crippen molar-refractivity contribution < 1.29 is 9.59 Å². The second-order valence-electron chi connectivity index (χ2n) is 7.80. The molecule has 0 unspecified atom stereocenters. The third-order valence-corrected chi connectivity index (χ3v) is 6.97. The lowest BCUT2D eigenvalue weighted by Gasteiger charge is -2.28. The van der Waals surface area contributed by atoms with Crippen LogP contribution in [0.1, 0.15) is 60.3 Å². The molecular weight excluding hydrogens is 370 g/mol. The lowest BCUT2D eigenvalue weighted by atomic mass is 9.95. The monoisotopic (exact) mass is 397 g/mol. The van der Waals surface area contributed by atoms with Gasteiger partial charge < -0.3 is 10.2 Å². The van der Waals surface area contributed by atoms with E-state index < -0.39 is 0 Å². The maximum Gasteiger partial charge on any atom is 0.266 e. The normalized spacial score (nSPS) is 20.3. The number of thiazole rings is 1. The van der Waals surface area contributed by atoms with Gasteiger partial charge in [0.2, 0.25) is 5.91 Å². The molecule has 1 aromatic carbocycles. The van der Waals surface area contributed by atoms with E-state index in [0.717, 1.165) is 41.9 Å². The van der Waals surface area contributed by atoms with Gasteiger partial charge in [0, 0.05) is 18.2 Å². The SMILES string of the molecule is Cc1nc(-c2ccccc2)sc1C(=O)N1CCC[C@@H]1C(=O)NC1CCCCC1. The van der Waals surface area contributed by atoms with E-state index in [4.69, 9.17) is 0 Å². The lowest BCUT2D eigenvalue weighted by molar-refractivity contribution is -0.125. The summed E-state index contributed by atoms with van der Waals surface area (Å²) in [7, 11) is 0. The van der Waals surface area contributed by atoms with Crippen molar-refractivity contribution in [3.8, 4) is 10.6 Å². The molecule has 2 aliphatic rings. The van der Waals surface area contributed by atoms with Gasteiger partial charge in [0.15, 0.2) is 0 Å². The van der Waals surface area contributed by atoms with Crippen molar-refractivity contribution in [1.29, 1.82) is 0 Å². The topological polar surface area (TPSA) is 62.3 Å². The number of amides is 2. The van der Waals surface area contributed by atoms with Crippen molar-refractivity contribution in [2.45, 2.75) is 64.0 Å². The van der Waals surface area contributed by atoms with Crippen molar-refractivity contribution in [2.75, 3.05) is 6.54 Å². The fraction of sp³-hybridized carbons (Fsp3) is 0.500. The van der Waals surface area contributed by atoms with E-state index >= 15 is 0 Å². The van der Waals surface area contributed by atoms with Crippen LogP contribution in [0.25, 0.3) is 10.6 Å². The number of carbonyl (C=O) groups is 2. The Morgan fingerprint density at radius 1 is 1.07 bits per heavy atom. The van der Waals surface area contributed by atoms with Crippen molar-refractivity contribution in [1.82, 2.24) is 15.2 Å². The van der Waals surface area contributed by atoms with E-state index in [1.165, 1.54) is 30.6 Å². The fourth-order valence-corrected chi connectivity index (χ4v) is 5.28. The summed E-state index contributed by atoms with van der Waals surface area (Å²) in [4.78, 5) is 33.1. The summed E-state index contributed by atoms with van der Waals surface area (Å²) >= 11 is 1.42. The number of likely N-dealkylation sites (tertiary alicyclic amines) is 1. The third-order valence-electron chi connectivity index (χ3n) is 5.78. The molecule has 1 aliphatic carbocycles. The number of aromatic nitrogens is 1. The van der Waals surface area contributed by atoms with Crippen molar-refractivity contribution in [2.24, 2.45) is 0 Å². The largest absolute Gasteiger partial charge is 0.352 e.